The van der Waals surface area contributed by atoms with Crippen LogP contribution in [0, 0.1) is 6.92 Å². The minimum absolute atomic E-state index is 0.00955. The smallest absolute Gasteiger partial charge is 0.257 e. The largest absolute Gasteiger partial charge is 0.497 e. The van der Waals surface area contributed by atoms with Gasteiger partial charge in [-0.25, -0.2) is 0 Å². The third-order valence-corrected chi connectivity index (χ3v) is 4.51. The fourth-order valence-electron chi connectivity index (χ4n) is 2.11. The van der Waals surface area contributed by atoms with Crippen LogP contribution in [0.1, 0.15) is 11.1 Å². The zero-order valence-electron chi connectivity index (χ0n) is 14.1. The van der Waals surface area contributed by atoms with Crippen molar-refractivity contribution in [1.29, 1.82) is 0 Å². The normalized spacial score (nSPS) is 10.2. The van der Waals surface area contributed by atoms with Crippen molar-refractivity contribution in [3.8, 4) is 11.5 Å². The number of carbonyl (C=O) groups is 1. The van der Waals surface area contributed by atoms with E-state index in [0.717, 1.165) is 11.5 Å². The van der Waals surface area contributed by atoms with E-state index < -0.39 is 0 Å². The van der Waals surface area contributed by atoms with E-state index in [1.54, 1.807) is 19.2 Å². The van der Waals surface area contributed by atoms with Gasteiger partial charge in [-0.05, 0) is 30.2 Å². The van der Waals surface area contributed by atoms with Crippen LogP contribution in [-0.2, 0) is 10.5 Å². The molecule has 0 saturated heterocycles. The number of hydrogen-bond donors (Lipinski definition) is 1. The van der Waals surface area contributed by atoms with Gasteiger partial charge in [0.05, 0.1) is 7.11 Å². The highest BCUT2D eigenvalue weighted by molar-refractivity contribution is 7.98. The van der Waals surface area contributed by atoms with Crippen LogP contribution in [0.3, 0.4) is 0 Å². The molecule has 0 fully saturated rings. The first-order chi connectivity index (χ1) is 11.7. The molecular formula is C19H23NO3S. The molecule has 0 aliphatic rings. The van der Waals surface area contributed by atoms with E-state index in [-0.39, 0.29) is 12.5 Å². The number of ether oxygens (including phenoxy) is 2. The SMILES string of the molecule is COc1cccc(OCC(=O)NCCSCc2ccccc2C)c1. The van der Waals surface area contributed by atoms with Crippen LogP contribution in [0.2, 0.25) is 0 Å². The van der Waals surface area contributed by atoms with Gasteiger partial charge in [-0.1, -0.05) is 30.3 Å². The number of nitrogens with one attached hydrogen (secondary N) is 1. The number of rotatable bonds is 9. The average Bonchev–Trinajstić information content (AvgIpc) is 2.61. The Morgan fingerprint density at radius 2 is 1.92 bits per heavy atom. The second-order valence-corrected chi connectivity index (χ2v) is 6.40. The van der Waals surface area contributed by atoms with Crippen molar-refractivity contribution in [1.82, 2.24) is 5.32 Å². The highest BCUT2D eigenvalue weighted by Crippen LogP contribution is 2.18. The summed E-state index contributed by atoms with van der Waals surface area (Å²) in [6.45, 7) is 2.76. The van der Waals surface area contributed by atoms with Gasteiger partial charge in [0.1, 0.15) is 11.5 Å². The molecule has 4 nitrogen and oxygen atoms in total. The van der Waals surface area contributed by atoms with E-state index >= 15 is 0 Å². The molecule has 1 amide bonds. The number of hydrogen-bond acceptors (Lipinski definition) is 4. The first kappa shape index (κ1) is 18.2. The Morgan fingerprint density at radius 3 is 2.71 bits per heavy atom. The Hall–Kier alpha value is -2.14. The van der Waals surface area contributed by atoms with Crippen LogP contribution in [0.5, 0.6) is 11.5 Å². The Morgan fingerprint density at radius 1 is 1.12 bits per heavy atom. The Bertz CT molecular complexity index is 661. The summed E-state index contributed by atoms with van der Waals surface area (Å²) in [5.41, 5.74) is 2.65. The second-order valence-electron chi connectivity index (χ2n) is 5.30. The number of thioether (sulfide) groups is 1. The molecule has 0 aliphatic carbocycles. The van der Waals surface area contributed by atoms with E-state index in [0.29, 0.717) is 18.0 Å². The predicted molar refractivity (Wildman–Crippen MR) is 98.8 cm³/mol. The van der Waals surface area contributed by atoms with E-state index in [4.69, 9.17) is 9.47 Å². The lowest BCUT2D eigenvalue weighted by atomic mass is 10.1. The fourth-order valence-corrected chi connectivity index (χ4v) is 3.04. The predicted octanol–water partition coefficient (Wildman–Crippen LogP) is 3.43. The number of benzene rings is 2. The maximum absolute atomic E-state index is 11.8. The van der Waals surface area contributed by atoms with Crippen molar-refractivity contribution >= 4 is 17.7 Å². The lowest BCUT2D eigenvalue weighted by Crippen LogP contribution is -2.30. The van der Waals surface area contributed by atoms with Crippen LogP contribution < -0.4 is 14.8 Å². The molecule has 0 aromatic heterocycles. The summed E-state index contributed by atoms with van der Waals surface area (Å²) < 4.78 is 10.6. The van der Waals surface area contributed by atoms with Crippen LogP contribution in [0.4, 0.5) is 0 Å². The maximum Gasteiger partial charge on any atom is 0.257 e. The van der Waals surface area contributed by atoms with Crippen molar-refractivity contribution in [2.24, 2.45) is 0 Å². The number of carbonyl (C=O) groups excluding carboxylic acids is 1. The molecule has 2 aromatic carbocycles. The fraction of sp³-hybridized carbons (Fsp3) is 0.316. The molecule has 1 N–H and O–H groups in total. The van der Waals surface area contributed by atoms with Gasteiger partial charge < -0.3 is 14.8 Å². The molecule has 0 aliphatic heterocycles. The van der Waals surface area contributed by atoms with Crippen molar-refractivity contribution in [2.75, 3.05) is 26.0 Å². The van der Waals surface area contributed by atoms with Crippen LogP contribution in [-0.4, -0.2) is 31.9 Å². The Kier molecular flexibility index (Phi) is 7.49. The van der Waals surface area contributed by atoms with Gasteiger partial charge in [0.15, 0.2) is 6.61 Å². The maximum atomic E-state index is 11.8. The standard InChI is InChI=1S/C19H23NO3S/c1-15-6-3-4-7-16(15)14-24-11-10-20-19(21)13-23-18-9-5-8-17(12-18)22-2/h3-9,12H,10-11,13-14H2,1-2H3,(H,20,21). The topological polar surface area (TPSA) is 47.6 Å². The van der Waals surface area contributed by atoms with Crippen molar-refractivity contribution in [3.63, 3.8) is 0 Å². The molecule has 0 heterocycles. The molecule has 0 radical (unpaired) electrons. The molecule has 0 atom stereocenters. The van der Waals surface area contributed by atoms with Crippen molar-refractivity contribution in [2.45, 2.75) is 12.7 Å². The first-order valence-electron chi connectivity index (χ1n) is 7.85. The lowest BCUT2D eigenvalue weighted by Gasteiger charge is -2.09. The molecule has 0 unspecified atom stereocenters. The van der Waals surface area contributed by atoms with Gasteiger partial charge in [0.25, 0.3) is 5.91 Å². The summed E-state index contributed by atoms with van der Waals surface area (Å²) in [5.74, 6) is 3.05. The van der Waals surface area contributed by atoms with Gasteiger partial charge in [0.2, 0.25) is 0 Å². The molecule has 2 rings (SSSR count). The summed E-state index contributed by atoms with van der Waals surface area (Å²) in [6, 6.07) is 15.6. The summed E-state index contributed by atoms with van der Waals surface area (Å²) in [7, 11) is 1.60. The number of aryl methyl sites for hydroxylation is 1. The lowest BCUT2D eigenvalue weighted by molar-refractivity contribution is -0.122. The zero-order valence-corrected chi connectivity index (χ0v) is 14.9. The number of methoxy groups -OCH3 is 1. The van der Waals surface area contributed by atoms with Crippen molar-refractivity contribution in [3.05, 3.63) is 59.7 Å². The van der Waals surface area contributed by atoms with E-state index in [1.165, 1.54) is 11.1 Å². The minimum atomic E-state index is -0.116. The molecular weight excluding hydrogens is 322 g/mol. The van der Waals surface area contributed by atoms with E-state index in [1.807, 2.05) is 30.0 Å². The Labute approximate surface area is 147 Å². The van der Waals surface area contributed by atoms with Gasteiger partial charge >= 0.3 is 0 Å². The molecule has 0 bridgehead atoms. The zero-order chi connectivity index (χ0) is 17.2. The monoisotopic (exact) mass is 345 g/mol. The average molecular weight is 345 g/mol. The van der Waals surface area contributed by atoms with E-state index in [9.17, 15) is 4.79 Å². The quantitative estimate of drug-likeness (QED) is 0.707. The second kappa shape index (κ2) is 9.88. The van der Waals surface area contributed by atoms with Gasteiger partial charge in [-0.3, -0.25) is 4.79 Å². The minimum Gasteiger partial charge on any atom is -0.497 e. The van der Waals surface area contributed by atoms with Crippen molar-refractivity contribution < 1.29 is 14.3 Å². The summed E-state index contributed by atoms with van der Waals surface area (Å²) in [4.78, 5) is 11.8. The highest BCUT2D eigenvalue weighted by atomic mass is 32.2. The number of amides is 1. The van der Waals surface area contributed by atoms with E-state index in [2.05, 4.69) is 30.4 Å². The molecule has 0 saturated carbocycles. The van der Waals surface area contributed by atoms with Gasteiger partial charge in [0, 0.05) is 24.1 Å². The van der Waals surface area contributed by atoms with Crippen LogP contribution in [0.15, 0.2) is 48.5 Å². The summed E-state index contributed by atoms with van der Waals surface area (Å²) in [6.07, 6.45) is 0. The highest BCUT2D eigenvalue weighted by Gasteiger charge is 2.03. The summed E-state index contributed by atoms with van der Waals surface area (Å²) >= 11 is 1.81. The van der Waals surface area contributed by atoms with Crippen LogP contribution >= 0.6 is 11.8 Å². The van der Waals surface area contributed by atoms with Gasteiger partial charge in [-0.2, -0.15) is 11.8 Å². The molecule has 128 valence electrons. The van der Waals surface area contributed by atoms with Crippen LogP contribution in [0.25, 0.3) is 0 Å². The molecule has 24 heavy (non-hydrogen) atoms. The third kappa shape index (κ3) is 6.16. The van der Waals surface area contributed by atoms with Gasteiger partial charge in [-0.15, -0.1) is 0 Å². The molecule has 5 heteroatoms. The summed E-state index contributed by atoms with van der Waals surface area (Å²) in [5, 5.41) is 2.87. The Balaban J connectivity index is 1.60. The molecule has 0 spiro atoms. The third-order valence-electron chi connectivity index (χ3n) is 3.50. The molecule has 2 aromatic rings. The first-order valence-corrected chi connectivity index (χ1v) is 9.00.